The van der Waals surface area contributed by atoms with Crippen molar-refractivity contribution in [2.75, 3.05) is 0 Å². The lowest BCUT2D eigenvalue weighted by molar-refractivity contribution is 0.462. The fourth-order valence-electron chi connectivity index (χ4n) is 1.36. The Morgan fingerprint density at radius 3 is 2.62 bits per heavy atom. The van der Waals surface area contributed by atoms with E-state index in [0.717, 1.165) is 11.3 Å². The van der Waals surface area contributed by atoms with Crippen LogP contribution in [0.15, 0.2) is 42.6 Å². The second-order valence-electron chi connectivity index (χ2n) is 3.62. The van der Waals surface area contributed by atoms with Crippen LogP contribution in [-0.4, -0.2) is 4.98 Å². The third-order valence-electron chi connectivity index (χ3n) is 2.28. The molecule has 0 amide bonds. The minimum absolute atomic E-state index is 0.493. The van der Waals surface area contributed by atoms with Crippen LogP contribution < -0.4 is 10.5 Å². The molecule has 0 fully saturated rings. The first kappa shape index (κ1) is 10.6. The Morgan fingerprint density at radius 2 is 1.94 bits per heavy atom. The van der Waals surface area contributed by atoms with Crippen LogP contribution in [0.3, 0.4) is 0 Å². The molecule has 1 aromatic heterocycles. The molecule has 0 unspecified atom stereocenters. The first-order chi connectivity index (χ1) is 7.78. The first-order valence-corrected chi connectivity index (χ1v) is 5.17. The zero-order valence-corrected chi connectivity index (χ0v) is 9.18. The lowest BCUT2D eigenvalue weighted by Gasteiger charge is -2.05. The highest BCUT2D eigenvalue weighted by Crippen LogP contribution is 2.20. The third-order valence-corrected chi connectivity index (χ3v) is 2.28. The Labute approximate surface area is 94.9 Å². The van der Waals surface area contributed by atoms with E-state index in [1.165, 1.54) is 5.56 Å². The van der Waals surface area contributed by atoms with Crippen LogP contribution in [0.25, 0.3) is 0 Å². The van der Waals surface area contributed by atoms with Crippen molar-refractivity contribution in [3.8, 4) is 11.6 Å². The van der Waals surface area contributed by atoms with Gasteiger partial charge in [-0.1, -0.05) is 17.7 Å². The van der Waals surface area contributed by atoms with Gasteiger partial charge < -0.3 is 10.5 Å². The number of ether oxygens (including phenoxy) is 1. The lowest BCUT2D eigenvalue weighted by Crippen LogP contribution is -1.97. The molecule has 1 aromatic carbocycles. The highest BCUT2D eigenvalue weighted by molar-refractivity contribution is 5.31. The number of nitrogens with zero attached hydrogens (tertiary/aromatic N) is 1. The maximum absolute atomic E-state index is 5.61. The Balaban J connectivity index is 2.16. The first-order valence-electron chi connectivity index (χ1n) is 5.17. The van der Waals surface area contributed by atoms with Gasteiger partial charge in [-0.15, -0.1) is 0 Å². The predicted molar refractivity (Wildman–Crippen MR) is 63.4 cm³/mol. The minimum atomic E-state index is 0.493. The molecule has 2 rings (SSSR count). The topological polar surface area (TPSA) is 48.1 Å². The molecule has 0 spiro atoms. The fourth-order valence-corrected chi connectivity index (χ4v) is 1.36. The number of pyridine rings is 1. The van der Waals surface area contributed by atoms with Crippen LogP contribution in [0.1, 0.15) is 11.1 Å². The van der Waals surface area contributed by atoms with E-state index in [0.29, 0.717) is 12.4 Å². The number of rotatable bonds is 3. The Bertz CT molecular complexity index is 466. The highest BCUT2D eigenvalue weighted by atomic mass is 16.5. The monoisotopic (exact) mass is 214 g/mol. The molecule has 0 aliphatic rings. The van der Waals surface area contributed by atoms with Gasteiger partial charge in [0, 0.05) is 18.8 Å². The van der Waals surface area contributed by atoms with E-state index in [1.54, 1.807) is 6.20 Å². The standard InChI is InChI=1S/C13H14N2O/c1-10-2-4-12(5-3-10)16-13-8-11(9-14)6-7-15-13/h2-8H,9,14H2,1H3. The van der Waals surface area contributed by atoms with E-state index < -0.39 is 0 Å². The van der Waals surface area contributed by atoms with Crippen molar-refractivity contribution >= 4 is 0 Å². The number of hydrogen-bond acceptors (Lipinski definition) is 3. The molecule has 0 radical (unpaired) electrons. The molecule has 2 aromatic rings. The summed E-state index contributed by atoms with van der Waals surface area (Å²) in [6.07, 6.45) is 1.70. The fraction of sp³-hybridized carbons (Fsp3) is 0.154. The molecule has 0 bridgehead atoms. The molecule has 1 heterocycles. The average molecular weight is 214 g/mol. The van der Waals surface area contributed by atoms with Crippen molar-refractivity contribution in [2.45, 2.75) is 13.5 Å². The van der Waals surface area contributed by atoms with Crippen molar-refractivity contribution in [3.63, 3.8) is 0 Å². The molecule has 2 N–H and O–H groups in total. The van der Waals surface area contributed by atoms with Crippen molar-refractivity contribution < 1.29 is 4.74 Å². The molecule has 0 saturated heterocycles. The van der Waals surface area contributed by atoms with Crippen molar-refractivity contribution in [1.82, 2.24) is 4.98 Å². The molecule has 0 aliphatic carbocycles. The molecule has 0 atom stereocenters. The van der Waals surface area contributed by atoms with Gasteiger partial charge in [0.2, 0.25) is 5.88 Å². The number of benzene rings is 1. The largest absolute Gasteiger partial charge is 0.439 e. The van der Waals surface area contributed by atoms with Crippen molar-refractivity contribution in [1.29, 1.82) is 0 Å². The lowest BCUT2D eigenvalue weighted by atomic mass is 10.2. The average Bonchev–Trinajstić information content (AvgIpc) is 2.32. The van der Waals surface area contributed by atoms with Crippen LogP contribution in [-0.2, 0) is 6.54 Å². The second-order valence-corrected chi connectivity index (χ2v) is 3.62. The summed E-state index contributed by atoms with van der Waals surface area (Å²) < 4.78 is 5.61. The molecule has 0 aliphatic heterocycles. The summed E-state index contributed by atoms with van der Waals surface area (Å²) in [6, 6.07) is 11.6. The molecule has 3 nitrogen and oxygen atoms in total. The number of hydrogen-bond donors (Lipinski definition) is 1. The van der Waals surface area contributed by atoms with Gasteiger partial charge in [-0.2, -0.15) is 0 Å². The molecular weight excluding hydrogens is 200 g/mol. The molecule has 0 saturated carbocycles. The van der Waals surface area contributed by atoms with Crippen LogP contribution in [0.2, 0.25) is 0 Å². The number of aromatic nitrogens is 1. The summed E-state index contributed by atoms with van der Waals surface area (Å²) in [5, 5.41) is 0. The summed E-state index contributed by atoms with van der Waals surface area (Å²) in [4.78, 5) is 4.13. The normalized spacial score (nSPS) is 10.1. The van der Waals surface area contributed by atoms with Crippen LogP contribution in [0, 0.1) is 6.92 Å². The van der Waals surface area contributed by atoms with Gasteiger partial charge >= 0.3 is 0 Å². The number of aryl methyl sites for hydroxylation is 1. The van der Waals surface area contributed by atoms with E-state index in [4.69, 9.17) is 10.5 Å². The van der Waals surface area contributed by atoms with Gasteiger partial charge in [0.25, 0.3) is 0 Å². The SMILES string of the molecule is Cc1ccc(Oc2cc(CN)ccn2)cc1. The molecule has 82 valence electrons. The van der Waals surface area contributed by atoms with Crippen molar-refractivity contribution in [3.05, 3.63) is 53.7 Å². The van der Waals surface area contributed by atoms with E-state index in [1.807, 2.05) is 43.3 Å². The zero-order valence-electron chi connectivity index (χ0n) is 9.18. The molecule has 3 heteroatoms. The van der Waals surface area contributed by atoms with E-state index in [-0.39, 0.29) is 0 Å². The summed E-state index contributed by atoms with van der Waals surface area (Å²) in [5.74, 6) is 1.36. The Hall–Kier alpha value is -1.87. The van der Waals surface area contributed by atoms with Crippen molar-refractivity contribution in [2.24, 2.45) is 5.73 Å². The summed E-state index contributed by atoms with van der Waals surface area (Å²) >= 11 is 0. The third kappa shape index (κ3) is 2.58. The Kier molecular flexibility index (Phi) is 3.17. The van der Waals surface area contributed by atoms with Crippen LogP contribution >= 0.6 is 0 Å². The van der Waals surface area contributed by atoms with Gasteiger partial charge in [0.05, 0.1) is 0 Å². The van der Waals surface area contributed by atoms with Gasteiger partial charge in [-0.25, -0.2) is 4.98 Å². The zero-order chi connectivity index (χ0) is 11.4. The van der Waals surface area contributed by atoms with Crippen LogP contribution in [0.4, 0.5) is 0 Å². The second kappa shape index (κ2) is 4.77. The Morgan fingerprint density at radius 1 is 1.19 bits per heavy atom. The van der Waals surface area contributed by atoms with Crippen LogP contribution in [0.5, 0.6) is 11.6 Å². The summed E-state index contributed by atoms with van der Waals surface area (Å²) in [5.41, 5.74) is 7.76. The molecular formula is C13H14N2O. The predicted octanol–water partition coefficient (Wildman–Crippen LogP) is 2.64. The van der Waals surface area contributed by atoms with Gasteiger partial charge in [0.15, 0.2) is 0 Å². The van der Waals surface area contributed by atoms with Gasteiger partial charge in [-0.05, 0) is 30.7 Å². The maximum Gasteiger partial charge on any atom is 0.219 e. The smallest absolute Gasteiger partial charge is 0.219 e. The van der Waals surface area contributed by atoms with E-state index >= 15 is 0 Å². The van der Waals surface area contributed by atoms with E-state index in [2.05, 4.69) is 4.98 Å². The van der Waals surface area contributed by atoms with E-state index in [9.17, 15) is 0 Å². The highest BCUT2D eigenvalue weighted by Gasteiger charge is 1.99. The maximum atomic E-state index is 5.61. The van der Waals surface area contributed by atoms with Gasteiger partial charge in [-0.3, -0.25) is 0 Å². The number of nitrogens with two attached hydrogens (primary N) is 1. The summed E-state index contributed by atoms with van der Waals surface area (Å²) in [6.45, 7) is 2.53. The minimum Gasteiger partial charge on any atom is -0.439 e. The summed E-state index contributed by atoms with van der Waals surface area (Å²) in [7, 11) is 0. The van der Waals surface area contributed by atoms with Gasteiger partial charge in [0.1, 0.15) is 5.75 Å². The quantitative estimate of drug-likeness (QED) is 0.854. The molecule has 16 heavy (non-hydrogen) atoms.